The Morgan fingerprint density at radius 1 is 1.00 bits per heavy atom. The maximum absolute atomic E-state index is 13.0. The largest absolute Gasteiger partial charge is 0.489 e. The number of anilines is 2. The Balaban J connectivity index is 1.75. The number of carboxylic acids is 1. The van der Waals surface area contributed by atoms with Crippen LogP contribution in [0.2, 0.25) is 0 Å². The van der Waals surface area contributed by atoms with E-state index in [0.29, 0.717) is 5.75 Å². The number of ether oxygens (including phenoxy) is 3. The van der Waals surface area contributed by atoms with E-state index < -0.39 is 41.0 Å². The van der Waals surface area contributed by atoms with Gasteiger partial charge in [0.15, 0.2) is 5.13 Å². The lowest BCUT2D eigenvalue weighted by Gasteiger charge is -2.24. The van der Waals surface area contributed by atoms with Gasteiger partial charge in [0.25, 0.3) is 6.10 Å². The van der Waals surface area contributed by atoms with Crippen molar-refractivity contribution in [3.63, 3.8) is 0 Å². The van der Waals surface area contributed by atoms with Crippen molar-refractivity contribution in [3.05, 3.63) is 41.4 Å². The van der Waals surface area contributed by atoms with Crippen molar-refractivity contribution in [2.45, 2.75) is 58.8 Å². The van der Waals surface area contributed by atoms with Gasteiger partial charge in [0.05, 0.1) is 39.7 Å². The predicted molar refractivity (Wildman–Crippen MR) is 175 cm³/mol. The number of hydrogen-bond acceptors (Lipinski definition) is 12. The molecule has 0 bridgehead atoms. The van der Waals surface area contributed by atoms with E-state index in [1.165, 1.54) is 5.38 Å². The first kappa shape index (κ1) is 36.0. The van der Waals surface area contributed by atoms with Crippen LogP contribution in [0, 0.1) is 0 Å². The molecule has 2 aromatic heterocycles. The van der Waals surface area contributed by atoms with Crippen LogP contribution in [-0.2, 0) is 23.9 Å². The summed E-state index contributed by atoms with van der Waals surface area (Å²) in [6.07, 6.45) is -2.18. The molecule has 0 aliphatic rings. The number of aliphatic carboxylic acids is 1. The smallest absolute Gasteiger partial charge is 0.413 e. The number of likely N-dealkylation sites (N-methyl/N-ethyl adjacent to an activating group) is 1. The fourth-order valence-electron chi connectivity index (χ4n) is 3.63. The second-order valence-electron chi connectivity index (χ2n) is 13.3. The topological polar surface area (TPSA) is 171 Å². The summed E-state index contributed by atoms with van der Waals surface area (Å²) in [5.41, 5.74) is -1.53. The van der Waals surface area contributed by atoms with Crippen LogP contribution in [0.3, 0.4) is 0 Å². The average molecular weight is 660 g/mol. The Hall–Kier alpha value is -4.50. The fourth-order valence-corrected chi connectivity index (χ4v) is 4.32. The number of nitrogens with one attached hydrogen (secondary N) is 2. The van der Waals surface area contributed by atoms with Crippen LogP contribution < -0.4 is 15.4 Å². The summed E-state index contributed by atoms with van der Waals surface area (Å²) in [6.45, 7) is 11.5. The van der Waals surface area contributed by atoms with Crippen molar-refractivity contribution in [2.75, 3.05) is 51.5 Å². The number of pyridine rings is 1. The van der Waals surface area contributed by atoms with Gasteiger partial charge in [-0.25, -0.2) is 24.4 Å². The lowest BCUT2D eigenvalue weighted by molar-refractivity contribution is -0.868. The molecule has 0 fully saturated rings. The number of aromatic nitrogens is 2. The van der Waals surface area contributed by atoms with E-state index >= 15 is 0 Å². The molecule has 0 saturated heterocycles. The molecule has 0 spiro atoms. The minimum Gasteiger partial charge on any atom is -0.489 e. The quantitative estimate of drug-likeness (QED) is 0.100. The first-order chi connectivity index (χ1) is 21.3. The van der Waals surface area contributed by atoms with Crippen LogP contribution >= 0.6 is 11.3 Å². The summed E-state index contributed by atoms with van der Waals surface area (Å²) in [5, 5.41) is 21.6. The monoisotopic (exact) mass is 659 g/mol. The van der Waals surface area contributed by atoms with Crippen LogP contribution in [0.5, 0.6) is 5.75 Å². The minimum absolute atomic E-state index is 0.0862. The third-order valence-electron chi connectivity index (χ3n) is 5.65. The van der Waals surface area contributed by atoms with Crippen LogP contribution in [0.15, 0.2) is 40.9 Å². The zero-order valence-electron chi connectivity index (χ0n) is 27.7. The fraction of sp³-hybridized carbons (Fsp3) is 0.484. The molecule has 0 aliphatic carbocycles. The highest BCUT2D eigenvalue weighted by atomic mass is 32.1. The van der Waals surface area contributed by atoms with Gasteiger partial charge >= 0.3 is 18.0 Å². The molecule has 0 radical (unpaired) electrons. The maximum atomic E-state index is 13.0. The molecule has 15 heteroatoms. The molecule has 1 aromatic carbocycles. The number of carbonyl (C=O) groups excluding carboxylic acids is 2. The van der Waals surface area contributed by atoms with Crippen molar-refractivity contribution in [1.29, 1.82) is 0 Å². The van der Waals surface area contributed by atoms with Crippen LogP contribution in [0.1, 0.15) is 47.2 Å². The summed E-state index contributed by atoms with van der Waals surface area (Å²) >= 11 is 0.963. The molecule has 2 heterocycles. The number of amides is 1. The SMILES string of the molecule is CC(C)(C)OC(=O)Nc1nc(/C(=N/O[C@@H](COc2ccc3nc(NCC[N+](C)(C)C)ccc3c2)C(=O)OC(C)(C)C)C(=O)O)cs1. The second kappa shape index (κ2) is 14.7. The summed E-state index contributed by atoms with van der Waals surface area (Å²) in [6, 6.07) is 9.06. The highest BCUT2D eigenvalue weighted by molar-refractivity contribution is 7.14. The number of nitrogens with zero attached hydrogens (tertiary/aromatic N) is 4. The molecule has 1 amide bonds. The first-order valence-electron chi connectivity index (χ1n) is 14.5. The molecular formula is C31H43N6O8S+. The van der Waals surface area contributed by atoms with Crippen LogP contribution in [-0.4, -0.2) is 101 Å². The number of benzene rings is 1. The molecule has 0 saturated carbocycles. The Morgan fingerprint density at radius 3 is 2.33 bits per heavy atom. The summed E-state index contributed by atoms with van der Waals surface area (Å²) in [7, 11) is 6.37. The van der Waals surface area contributed by atoms with Gasteiger partial charge in [-0.3, -0.25) is 5.32 Å². The zero-order chi connectivity index (χ0) is 34.3. The van der Waals surface area contributed by atoms with Gasteiger partial charge in [0.2, 0.25) is 5.71 Å². The molecule has 3 aromatic rings. The molecule has 3 rings (SSSR count). The summed E-state index contributed by atoms with van der Waals surface area (Å²) < 4.78 is 17.3. The van der Waals surface area contributed by atoms with E-state index in [9.17, 15) is 19.5 Å². The first-order valence-corrected chi connectivity index (χ1v) is 15.4. The van der Waals surface area contributed by atoms with Crippen LogP contribution in [0.25, 0.3) is 10.9 Å². The third-order valence-corrected chi connectivity index (χ3v) is 6.41. The number of esters is 1. The van der Waals surface area contributed by atoms with Crippen molar-refractivity contribution in [1.82, 2.24) is 9.97 Å². The Morgan fingerprint density at radius 2 is 1.70 bits per heavy atom. The summed E-state index contributed by atoms with van der Waals surface area (Å²) in [4.78, 5) is 51.3. The Bertz CT molecular complexity index is 1570. The number of rotatable bonds is 13. The molecule has 1 atom stereocenters. The van der Waals surface area contributed by atoms with Crippen molar-refractivity contribution >= 4 is 56.9 Å². The van der Waals surface area contributed by atoms with E-state index in [2.05, 4.69) is 46.9 Å². The Kier molecular flexibility index (Phi) is 11.5. The van der Waals surface area contributed by atoms with Gasteiger partial charge < -0.3 is 34.0 Å². The van der Waals surface area contributed by atoms with E-state index in [1.54, 1.807) is 59.7 Å². The minimum atomic E-state index is -1.47. The maximum Gasteiger partial charge on any atom is 0.413 e. The molecule has 0 aliphatic heterocycles. The highest BCUT2D eigenvalue weighted by Gasteiger charge is 2.29. The third kappa shape index (κ3) is 12.1. The normalized spacial score (nSPS) is 13.1. The lowest BCUT2D eigenvalue weighted by Crippen LogP contribution is -2.38. The summed E-state index contributed by atoms with van der Waals surface area (Å²) in [5.74, 6) is -1.09. The van der Waals surface area contributed by atoms with Crippen molar-refractivity contribution in [3.8, 4) is 5.75 Å². The van der Waals surface area contributed by atoms with Gasteiger partial charge in [-0.1, -0.05) is 5.16 Å². The average Bonchev–Trinajstić information content (AvgIpc) is 3.35. The van der Waals surface area contributed by atoms with Gasteiger partial charge in [-0.15, -0.1) is 11.3 Å². The highest BCUT2D eigenvalue weighted by Crippen LogP contribution is 2.23. The van der Waals surface area contributed by atoms with Crippen LogP contribution in [0.4, 0.5) is 15.7 Å². The number of carbonyl (C=O) groups is 3. The number of hydrogen-bond donors (Lipinski definition) is 3. The van der Waals surface area contributed by atoms with Crippen molar-refractivity contribution < 1.29 is 43.0 Å². The molecule has 250 valence electrons. The van der Waals surface area contributed by atoms with Gasteiger partial charge in [0, 0.05) is 10.8 Å². The molecule has 3 N–H and O–H groups in total. The van der Waals surface area contributed by atoms with Gasteiger partial charge in [-0.2, -0.15) is 0 Å². The number of quaternary nitrogens is 1. The lowest BCUT2D eigenvalue weighted by atomic mass is 10.2. The number of oxime groups is 1. The van der Waals surface area contributed by atoms with E-state index in [-0.39, 0.29) is 17.4 Å². The standard InChI is InChI=1S/C31H42N6O8S/c1-30(2,3)43-27(40)23(45-36-25(26(38)39)22-18-46-28(34-22)35-29(41)44-31(4,5)6)17-42-20-11-12-21-19(16-20)10-13-24(33-21)32-14-15-37(7,8)9/h10-13,16,18,23H,14-15,17H2,1-9H3,(H2-,32,33,34,35,38,39,41)/p+1/b36-25-/t23-/m0/s1. The van der Waals surface area contributed by atoms with Crippen molar-refractivity contribution in [2.24, 2.45) is 5.16 Å². The zero-order valence-corrected chi connectivity index (χ0v) is 28.5. The number of thiazole rings is 1. The van der Waals surface area contributed by atoms with E-state index in [4.69, 9.17) is 19.0 Å². The van der Waals surface area contributed by atoms with E-state index in [0.717, 1.165) is 45.6 Å². The molecule has 46 heavy (non-hydrogen) atoms. The molecule has 0 unspecified atom stereocenters. The van der Waals surface area contributed by atoms with Gasteiger partial charge in [-0.05, 0) is 71.9 Å². The predicted octanol–water partition coefficient (Wildman–Crippen LogP) is 4.75. The van der Waals surface area contributed by atoms with Gasteiger partial charge in [0.1, 0.15) is 35.1 Å². The molecular weight excluding hydrogens is 616 g/mol. The second-order valence-corrected chi connectivity index (χ2v) is 14.2. The molecule has 14 nitrogen and oxygen atoms in total. The Labute approximate surface area is 272 Å². The van der Waals surface area contributed by atoms with E-state index in [1.807, 2.05) is 12.1 Å². The number of carboxylic acid groups (broad SMARTS) is 1. The number of fused-ring (bicyclic) bond motifs is 1.